The van der Waals surface area contributed by atoms with E-state index in [2.05, 4.69) is 14.9 Å². The van der Waals surface area contributed by atoms with Crippen molar-refractivity contribution < 1.29 is 19.1 Å². The minimum atomic E-state index is -0.997. The molecule has 9 nitrogen and oxygen atoms in total. The number of amides is 1. The summed E-state index contributed by atoms with van der Waals surface area (Å²) < 4.78 is 16.4. The lowest BCUT2D eigenvalue weighted by atomic mass is 9.97. The van der Waals surface area contributed by atoms with Crippen LogP contribution in [0, 0.1) is 19.7 Å². The van der Waals surface area contributed by atoms with Crippen LogP contribution in [-0.2, 0) is 6.54 Å². The molecule has 0 atom stereocenters. The Labute approximate surface area is 264 Å². The molecule has 0 saturated carbocycles. The van der Waals surface area contributed by atoms with E-state index in [0.29, 0.717) is 60.2 Å². The fourth-order valence-electron chi connectivity index (χ4n) is 6.14. The average molecular weight is 627 g/mol. The fourth-order valence-corrected chi connectivity index (χ4v) is 6.26. The van der Waals surface area contributed by atoms with Crippen LogP contribution in [0.1, 0.15) is 51.5 Å². The molecule has 6 rings (SSSR count). The van der Waals surface area contributed by atoms with Gasteiger partial charge < -0.3 is 19.5 Å². The van der Waals surface area contributed by atoms with Crippen LogP contribution in [0.2, 0.25) is 5.02 Å². The summed E-state index contributed by atoms with van der Waals surface area (Å²) in [6.07, 6.45) is 5.36. The largest absolute Gasteiger partial charge is 0.478 e. The number of rotatable bonds is 6. The molecule has 1 fully saturated rings. The fraction of sp³-hybridized carbons (Fsp3) is 0.265. The van der Waals surface area contributed by atoms with E-state index in [1.807, 2.05) is 47.7 Å². The number of carbonyl (C=O) groups is 2. The molecule has 0 bridgehead atoms. The molecule has 0 aliphatic carbocycles. The van der Waals surface area contributed by atoms with Crippen molar-refractivity contribution in [2.75, 3.05) is 24.5 Å². The summed E-state index contributed by atoms with van der Waals surface area (Å²) in [5.41, 5.74) is 4.09. The van der Waals surface area contributed by atoms with Gasteiger partial charge in [0.2, 0.25) is 0 Å². The van der Waals surface area contributed by atoms with Crippen LogP contribution < -0.4 is 4.90 Å². The lowest BCUT2D eigenvalue weighted by molar-refractivity contribution is 0.0507. The Morgan fingerprint density at radius 3 is 2.44 bits per heavy atom. The van der Waals surface area contributed by atoms with Gasteiger partial charge in [0, 0.05) is 55.7 Å². The van der Waals surface area contributed by atoms with Gasteiger partial charge >= 0.3 is 5.97 Å². The molecule has 1 aliphatic rings. The van der Waals surface area contributed by atoms with Gasteiger partial charge in [0.15, 0.2) is 0 Å². The van der Waals surface area contributed by atoms with Crippen LogP contribution in [0.25, 0.3) is 22.2 Å². The monoisotopic (exact) mass is 626 g/mol. The van der Waals surface area contributed by atoms with Gasteiger partial charge in [0.05, 0.1) is 21.8 Å². The number of nitrogens with zero attached hydrogens (tertiary/aromatic N) is 6. The maximum absolute atomic E-state index is 14.4. The minimum absolute atomic E-state index is 0.0475. The van der Waals surface area contributed by atoms with Gasteiger partial charge in [0.1, 0.15) is 23.0 Å². The third-order valence-corrected chi connectivity index (χ3v) is 8.65. The summed E-state index contributed by atoms with van der Waals surface area (Å²) in [6.45, 7) is 9.42. The van der Waals surface area contributed by atoms with E-state index in [1.165, 1.54) is 12.1 Å². The third-order valence-electron chi connectivity index (χ3n) is 8.34. The normalized spacial score (nSPS) is 14.6. The van der Waals surface area contributed by atoms with E-state index in [0.717, 1.165) is 16.5 Å². The Morgan fingerprint density at radius 2 is 1.78 bits per heavy atom. The number of aromatic carboxylic acids is 1. The Bertz CT molecular complexity index is 1940. The Morgan fingerprint density at radius 1 is 1.02 bits per heavy atom. The lowest BCUT2D eigenvalue weighted by Crippen LogP contribution is -2.61. The molecule has 5 aromatic rings. The molecule has 0 unspecified atom stereocenters. The number of carbonyl (C=O) groups excluding carboxylic acids is 1. The average Bonchev–Trinajstić information content (AvgIpc) is 3.35. The molecule has 230 valence electrons. The number of carboxylic acids is 1. The van der Waals surface area contributed by atoms with E-state index < -0.39 is 17.3 Å². The summed E-state index contributed by atoms with van der Waals surface area (Å²) in [7, 11) is 0. The second kappa shape index (κ2) is 11.6. The molecule has 1 aromatic carbocycles. The van der Waals surface area contributed by atoms with Gasteiger partial charge in [-0.15, -0.1) is 0 Å². The predicted molar refractivity (Wildman–Crippen MR) is 171 cm³/mol. The van der Waals surface area contributed by atoms with Crippen molar-refractivity contribution in [3.05, 3.63) is 106 Å². The molecule has 1 aliphatic heterocycles. The minimum Gasteiger partial charge on any atom is -0.478 e. The highest BCUT2D eigenvalue weighted by atomic mass is 35.5. The highest BCUT2D eigenvalue weighted by Crippen LogP contribution is 2.34. The Hall–Kier alpha value is -4.83. The lowest BCUT2D eigenvalue weighted by Gasteiger charge is -2.47. The summed E-state index contributed by atoms with van der Waals surface area (Å²) in [5.74, 6) is -1.01. The molecule has 45 heavy (non-hydrogen) atoms. The van der Waals surface area contributed by atoms with Crippen LogP contribution in [0.5, 0.6) is 0 Å². The highest BCUT2D eigenvalue weighted by molar-refractivity contribution is 6.30. The number of anilines is 1. The summed E-state index contributed by atoms with van der Waals surface area (Å²) in [6, 6.07) is 13.9. The van der Waals surface area contributed by atoms with Crippen LogP contribution in [0.15, 0.2) is 67.1 Å². The Kier molecular flexibility index (Phi) is 7.78. The van der Waals surface area contributed by atoms with Crippen molar-refractivity contribution in [3.63, 3.8) is 0 Å². The topological polar surface area (TPSA) is 104 Å². The van der Waals surface area contributed by atoms with Gasteiger partial charge in [-0.05, 0) is 86.8 Å². The first-order chi connectivity index (χ1) is 21.4. The highest BCUT2D eigenvalue weighted by Gasteiger charge is 2.38. The summed E-state index contributed by atoms with van der Waals surface area (Å²) in [5, 5.41) is 10.4. The molecular formula is C34H32ClFN6O3. The molecule has 1 N–H and O–H groups in total. The van der Waals surface area contributed by atoms with Crippen molar-refractivity contribution >= 4 is 40.3 Å². The second-order valence-electron chi connectivity index (χ2n) is 12.0. The molecule has 0 spiro atoms. The van der Waals surface area contributed by atoms with Gasteiger partial charge in [-0.3, -0.25) is 9.78 Å². The van der Waals surface area contributed by atoms with Crippen molar-refractivity contribution in [2.45, 2.75) is 39.8 Å². The predicted octanol–water partition coefficient (Wildman–Crippen LogP) is 6.39. The zero-order valence-electron chi connectivity index (χ0n) is 25.4. The number of hydrogen-bond acceptors (Lipinski definition) is 6. The number of pyridine rings is 3. The van der Waals surface area contributed by atoms with E-state index in [9.17, 15) is 19.1 Å². The molecule has 5 heterocycles. The molecule has 1 amide bonds. The molecular weight excluding hydrogens is 595 g/mol. The van der Waals surface area contributed by atoms with Crippen LogP contribution >= 0.6 is 11.6 Å². The van der Waals surface area contributed by atoms with Gasteiger partial charge in [-0.1, -0.05) is 17.7 Å². The first-order valence-electron chi connectivity index (χ1n) is 14.6. The van der Waals surface area contributed by atoms with Gasteiger partial charge in [-0.25, -0.2) is 19.2 Å². The zero-order valence-corrected chi connectivity index (χ0v) is 26.1. The van der Waals surface area contributed by atoms with Crippen molar-refractivity contribution in [2.24, 2.45) is 0 Å². The number of fused-ring (bicyclic) bond motifs is 1. The number of hydrogen-bond donors (Lipinski definition) is 1. The van der Waals surface area contributed by atoms with Crippen LogP contribution in [0.3, 0.4) is 0 Å². The number of aromatic nitrogens is 4. The van der Waals surface area contributed by atoms with E-state index in [1.54, 1.807) is 44.4 Å². The quantitative estimate of drug-likeness (QED) is 0.233. The van der Waals surface area contributed by atoms with Gasteiger partial charge in [-0.2, -0.15) is 0 Å². The van der Waals surface area contributed by atoms with Crippen molar-refractivity contribution in [1.82, 2.24) is 24.4 Å². The van der Waals surface area contributed by atoms with Crippen molar-refractivity contribution in [3.8, 4) is 11.1 Å². The first kappa shape index (κ1) is 30.2. The smallest absolute Gasteiger partial charge is 0.337 e. The number of piperazine rings is 1. The second-order valence-corrected chi connectivity index (χ2v) is 12.4. The molecule has 1 saturated heterocycles. The van der Waals surface area contributed by atoms with E-state index in [-0.39, 0.29) is 16.5 Å². The third kappa shape index (κ3) is 5.73. The van der Waals surface area contributed by atoms with E-state index >= 15 is 0 Å². The van der Waals surface area contributed by atoms with Crippen molar-refractivity contribution in [1.29, 1.82) is 0 Å². The first-order valence-corrected chi connectivity index (χ1v) is 14.9. The molecule has 4 aromatic heterocycles. The standard InChI is InChI=1S/C34H32ClFN6O3/c1-20-15-29(38-21(2)30(20)33(44)45)40-13-14-42(34(3,4)19-40)32(43)28-8-6-24-25(23-5-7-26(35)27(36)16-23)18-41(31(24)39-28)17-22-9-11-37-12-10-22/h5-12,15-16,18H,13-14,17,19H2,1-4H3,(H,44,45). The number of aryl methyl sites for hydroxylation is 2. The number of halogens is 2. The zero-order chi connectivity index (χ0) is 32.0. The maximum atomic E-state index is 14.4. The SMILES string of the molecule is Cc1cc(N2CCN(C(=O)c3ccc4c(-c5ccc(Cl)c(F)c5)cn(Cc5ccncc5)c4n3)C(C)(C)C2)nc(C)c1C(=O)O. The molecule has 0 radical (unpaired) electrons. The Balaban J connectivity index is 1.33. The maximum Gasteiger partial charge on any atom is 0.337 e. The molecule has 11 heteroatoms. The van der Waals surface area contributed by atoms with E-state index in [4.69, 9.17) is 16.6 Å². The number of benzene rings is 1. The van der Waals surface area contributed by atoms with Crippen LogP contribution in [0.4, 0.5) is 10.2 Å². The number of carboxylic acid groups (broad SMARTS) is 1. The van der Waals surface area contributed by atoms with Gasteiger partial charge in [0.25, 0.3) is 5.91 Å². The van der Waals surface area contributed by atoms with Crippen LogP contribution in [-0.4, -0.2) is 66.6 Å². The summed E-state index contributed by atoms with van der Waals surface area (Å²) >= 11 is 5.96. The summed E-state index contributed by atoms with van der Waals surface area (Å²) in [4.78, 5) is 43.2.